The van der Waals surface area contributed by atoms with Crippen molar-refractivity contribution in [2.45, 2.75) is 26.8 Å². The predicted octanol–water partition coefficient (Wildman–Crippen LogP) is 4.81. The maximum Gasteiger partial charge on any atom is 0.171 e. The van der Waals surface area contributed by atoms with Crippen LogP contribution in [0, 0.1) is 11.6 Å². The average molecular weight is 380 g/mol. The number of nitrogens with one attached hydrogen (secondary N) is 2. The zero-order chi connectivity index (χ0) is 19.1. The van der Waals surface area contributed by atoms with Crippen LogP contribution in [0.3, 0.4) is 0 Å². The van der Waals surface area contributed by atoms with E-state index in [1.54, 1.807) is 0 Å². The molecule has 0 amide bonds. The fourth-order valence-corrected chi connectivity index (χ4v) is 2.65. The summed E-state index contributed by atoms with van der Waals surface area (Å²) in [5.74, 6) is -0.0111. The molecule has 0 saturated carbocycles. The molecule has 0 saturated heterocycles. The number of hydrogen-bond acceptors (Lipinski definition) is 3. The van der Waals surface area contributed by atoms with E-state index >= 15 is 0 Å². The van der Waals surface area contributed by atoms with Crippen LogP contribution >= 0.6 is 12.2 Å². The van der Waals surface area contributed by atoms with Gasteiger partial charge in [-0.25, -0.2) is 8.78 Å². The fourth-order valence-electron chi connectivity index (χ4n) is 2.37. The first-order valence-electron chi connectivity index (χ1n) is 8.36. The molecule has 0 radical (unpaired) electrons. The van der Waals surface area contributed by atoms with Crippen molar-refractivity contribution in [1.29, 1.82) is 0 Å². The van der Waals surface area contributed by atoms with Crippen molar-refractivity contribution in [1.82, 2.24) is 5.32 Å². The molecule has 0 aliphatic rings. The number of halogens is 2. The third-order valence-corrected chi connectivity index (χ3v) is 3.81. The highest BCUT2D eigenvalue weighted by Crippen LogP contribution is 2.30. The van der Waals surface area contributed by atoms with E-state index in [2.05, 4.69) is 10.6 Å². The molecule has 2 rings (SSSR count). The summed E-state index contributed by atoms with van der Waals surface area (Å²) in [6.07, 6.45) is 0. The zero-order valence-corrected chi connectivity index (χ0v) is 15.8. The topological polar surface area (TPSA) is 42.5 Å². The van der Waals surface area contributed by atoms with Crippen LogP contribution in [0.15, 0.2) is 36.4 Å². The van der Waals surface area contributed by atoms with Crippen LogP contribution in [0.5, 0.6) is 11.5 Å². The average Bonchev–Trinajstić information content (AvgIpc) is 2.59. The Labute approximate surface area is 157 Å². The summed E-state index contributed by atoms with van der Waals surface area (Å²) in [6, 6.07) is 8.74. The first-order valence-corrected chi connectivity index (χ1v) is 8.77. The molecule has 2 aromatic rings. The quantitative estimate of drug-likeness (QED) is 0.675. The van der Waals surface area contributed by atoms with Gasteiger partial charge in [0.15, 0.2) is 16.6 Å². The molecule has 2 aromatic carbocycles. The summed E-state index contributed by atoms with van der Waals surface area (Å²) in [4.78, 5) is 0. The van der Waals surface area contributed by atoms with Gasteiger partial charge in [-0.1, -0.05) is 6.07 Å². The standard InChI is InChI=1S/C19H22F2N2O2S/c1-4-24-17-9-6-13(10-18(17)25-5-2)12(3)22-19(26)23-16-8-7-14(20)11-15(16)21/h6-12H,4-5H2,1-3H3,(H2,22,23,26)/t12-/m1/s1. The van der Waals surface area contributed by atoms with Gasteiger partial charge in [0.25, 0.3) is 0 Å². The lowest BCUT2D eigenvalue weighted by atomic mass is 10.1. The van der Waals surface area contributed by atoms with E-state index in [-0.39, 0.29) is 16.8 Å². The molecule has 26 heavy (non-hydrogen) atoms. The molecule has 0 bridgehead atoms. The second kappa shape index (κ2) is 9.33. The van der Waals surface area contributed by atoms with Gasteiger partial charge in [-0.05, 0) is 62.8 Å². The van der Waals surface area contributed by atoms with Gasteiger partial charge in [0, 0.05) is 6.07 Å². The summed E-state index contributed by atoms with van der Waals surface area (Å²) in [5, 5.41) is 6.03. The fraction of sp³-hybridized carbons (Fsp3) is 0.316. The Hall–Kier alpha value is -2.41. The number of benzene rings is 2. The minimum atomic E-state index is -0.707. The van der Waals surface area contributed by atoms with E-state index in [1.165, 1.54) is 6.07 Å². The molecule has 0 heterocycles. The number of hydrogen-bond donors (Lipinski definition) is 2. The van der Waals surface area contributed by atoms with Gasteiger partial charge in [0.1, 0.15) is 11.6 Å². The number of anilines is 1. The highest BCUT2D eigenvalue weighted by molar-refractivity contribution is 7.80. The molecule has 7 heteroatoms. The minimum Gasteiger partial charge on any atom is -0.490 e. The highest BCUT2D eigenvalue weighted by atomic mass is 32.1. The largest absolute Gasteiger partial charge is 0.490 e. The molecule has 0 fully saturated rings. The van der Waals surface area contributed by atoms with E-state index in [0.717, 1.165) is 17.7 Å². The molecule has 4 nitrogen and oxygen atoms in total. The van der Waals surface area contributed by atoms with Crippen LogP contribution in [-0.4, -0.2) is 18.3 Å². The van der Waals surface area contributed by atoms with E-state index in [0.29, 0.717) is 24.7 Å². The molecule has 1 atom stereocenters. The molecular formula is C19H22F2N2O2S. The second-order valence-electron chi connectivity index (χ2n) is 5.52. The van der Waals surface area contributed by atoms with E-state index in [9.17, 15) is 8.78 Å². The lowest BCUT2D eigenvalue weighted by Gasteiger charge is -2.19. The van der Waals surface area contributed by atoms with Crippen LogP contribution in [0.1, 0.15) is 32.4 Å². The first-order chi connectivity index (χ1) is 12.4. The second-order valence-corrected chi connectivity index (χ2v) is 5.92. The maximum absolute atomic E-state index is 13.7. The van der Waals surface area contributed by atoms with Crippen molar-refractivity contribution in [3.63, 3.8) is 0 Å². The number of thiocarbonyl (C=S) groups is 1. The minimum absolute atomic E-state index is 0.109. The summed E-state index contributed by atoms with van der Waals surface area (Å²) < 4.78 is 37.8. The Morgan fingerprint density at radius 1 is 1.04 bits per heavy atom. The van der Waals surface area contributed by atoms with Crippen LogP contribution in [0.4, 0.5) is 14.5 Å². The Kier molecular flexibility index (Phi) is 7.15. The lowest BCUT2D eigenvalue weighted by molar-refractivity contribution is 0.287. The van der Waals surface area contributed by atoms with Crippen molar-refractivity contribution in [3.8, 4) is 11.5 Å². The van der Waals surface area contributed by atoms with Gasteiger partial charge in [-0.3, -0.25) is 0 Å². The Bertz CT molecular complexity index is 771. The number of ether oxygens (including phenoxy) is 2. The van der Waals surface area contributed by atoms with Gasteiger partial charge in [-0.15, -0.1) is 0 Å². The van der Waals surface area contributed by atoms with Gasteiger partial charge >= 0.3 is 0 Å². The third kappa shape index (κ3) is 5.29. The van der Waals surface area contributed by atoms with E-state index in [1.807, 2.05) is 39.0 Å². The summed E-state index contributed by atoms with van der Waals surface area (Å²) >= 11 is 5.22. The van der Waals surface area contributed by atoms with Gasteiger partial charge in [-0.2, -0.15) is 0 Å². The SMILES string of the molecule is CCOc1ccc([C@@H](C)NC(=S)Nc2ccc(F)cc2F)cc1OCC. The summed E-state index contributed by atoms with van der Waals surface area (Å²) in [6.45, 7) is 6.80. The smallest absolute Gasteiger partial charge is 0.171 e. The van der Waals surface area contributed by atoms with Crippen LogP contribution in [0.2, 0.25) is 0 Å². The molecule has 0 aliphatic heterocycles. The maximum atomic E-state index is 13.7. The Balaban J connectivity index is 2.07. The van der Waals surface area contributed by atoms with Crippen molar-refractivity contribution in [3.05, 3.63) is 53.6 Å². The predicted molar refractivity (Wildman–Crippen MR) is 103 cm³/mol. The van der Waals surface area contributed by atoms with Gasteiger partial charge < -0.3 is 20.1 Å². The zero-order valence-electron chi connectivity index (χ0n) is 14.9. The summed E-state index contributed by atoms with van der Waals surface area (Å²) in [5.41, 5.74) is 1.04. The van der Waals surface area contributed by atoms with Crippen LogP contribution < -0.4 is 20.1 Å². The number of rotatable bonds is 7. The van der Waals surface area contributed by atoms with Gasteiger partial charge in [0.2, 0.25) is 0 Å². The van der Waals surface area contributed by atoms with Crippen molar-refractivity contribution >= 4 is 23.0 Å². The normalized spacial score (nSPS) is 11.6. The highest BCUT2D eigenvalue weighted by Gasteiger charge is 2.13. The Morgan fingerprint density at radius 3 is 2.38 bits per heavy atom. The molecule has 140 valence electrons. The van der Waals surface area contributed by atoms with Crippen molar-refractivity contribution < 1.29 is 18.3 Å². The lowest BCUT2D eigenvalue weighted by Crippen LogP contribution is -2.31. The summed E-state index contributed by atoms with van der Waals surface area (Å²) in [7, 11) is 0. The van der Waals surface area contributed by atoms with E-state index < -0.39 is 11.6 Å². The van der Waals surface area contributed by atoms with Crippen molar-refractivity contribution in [2.24, 2.45) is 0 Å². The molecule has 0 unspecified atom stereocenters. The monoisotopic (exact) mass is 380 g/mol. The van der Waals surface area contributed by atoms with Gasteiger partial charge in [0.05, 0.1) is 24.9 Å². The molecular weight excluding hydrogens is 358 g/mol. The Morgan fingerprint density at radius 2 is 1.73 bits per heavy atom. The van der Waals surface area contributed by atoms with Crippen molar-refractivity contribution in [2.75, 3.05) is 18.5 Å². The van der Waals surface area contributed by atoms with Crippen LogP contribution in [-0.2, 0) is 0 Å². The van der Waals surface area contributed by atoms with E-state index in [4.69, 9.17) is 21.7 Å². The van der Waals surface area contributed by atoms with Crippen LogP contribution in [0.25, 0.3) is 0 Å². The molecule has 0 aromatic heterocycles. The molecule has 2 N–H and O–H groups in total. The molecule has 0 aliphatic carbocycles. The first kappa shape index (κ1) is 19.9. The third-order valence-electron chi connectivity index (χ3n) is 3.59. The molecule has 0 spiro atoms.